The van der Waals surface area contributed by atoms with Crippen LogP contribution in [-0.2, 0) is 4.74 Å². The second kappa shape index (κ2) is 6.36. The van der Waals surface area contributed by atoms with Gasteiger partial charge in [0.05, 0.1) is 12.7 Å². The molecule has 2 heteroatoms. The summed E-state index contributed by atoms with van der Waals surface area (Å²) in [6.07, 6.45) is 2.95. The number of ether oxygens (including phenoxy) is 1. The molecule has 120 valence electrons. The van der Waals surface area contributed by atoms with E-state index in [4.69, 9.17) is 4.74 Å². The summed E-state index contributed by atoms with van der Waals surface area (Å²) in [7, 11) is 0. The third-order valence-corrected chi connectivity index (χ3v) is 4.17. The van der Waals surface area contributed by atoms with Crippen LogP contribution in [0, 0.1) is 16.2 Å². The van der Waals surface area contributed by atoms with Crippen LogP contribution in [0.15, 0.2) is 0 Å². The van der Waals surface area contributed by atoms with E-state index in [0.29, 0.717) is 16.9 Å². The van der Waals surface area contributed by atoms with Crippen molar-refractivity contribution in [3.05, 3.63) is 0 Å². The molecule has 2 nitrogen and oxygen atoms in total. The van der Waals surface area contributed by atoms with Crippen LogP contribution in [0.3, 0.4) is 0 Å². The molecule has 0 atom stereocenters. The van der Waals surface area contributed by atoms with E-state index in [0.717, 1.165) is 13.2 Å². The fourth-order valence-corrected chi connectivity index (χ4v) is 3.76. The summed E-state index contributed by atoms with van der Waals surface area (Å²) in [4.78, 5) is 2.67. The van der Waals surface area contributed by atoms with Crippen molar-refractivity contribution >= 4 is 0 Å². The van der Waals surface area contributed by atoms with Gasteiger partial charge < -0.3 is 9.64 Å². The number of hydrogen-bond acceptors (Lipinski definition) is 2. The van der Waals surface area contributed by atoms with Gasteiger partial charge in [0.25, 0.3) is 0 Å². The maximum absolute atomic E-state index is 5.85. The second-order valence-corrected chi connectivity index (χ2v) is 9.49. The molecule has 0 aromatic carbocycles. The molecule has 0 N–H and O–H groups in total. The minimum Gasteiger partial charge on any atom is -0.378 e. The average Bonchev–Trinajstić information content (AvgIpc) is 2.30. The van der Waals surface area contributed by atoms with E-state index in [1.165, 1.54) is 25.9 Å². The predicted octanol–water partition coefficient (Wildman–Crippen LogP) is 4.59. The quantitative estimate of drug-likeness (QED) is 0.732. The van der Waals surface area contributed by atoms with Crippen LogP contribution in [0.25, 0.3) is 0 Å². The van der Waals surface area contributed by atoms with Crippen LogP contribution in [0.1, 0.15) is 68.2 Å². The van der Waals surface area contributed by atoms with Crippen molar-refractivity contribution in [2.45, 2.75) is 74.3 Å². The molecule has 1 rings (SSSR count). The molecule has 1 aliphatic heterocycles. The van der Waals surface area contributed by atoms with Crippen molar-refractivity contribution in [2.75, 3.05) is 26.2 Å². The molecule has 0 spiro atoms. The zero-order valence-electron chi connectivity index (χ0n) is 15.2. The second-order valence-electron chi connectivity index (χ2n) is 9.49. The van der Waals surface area contributed by atoms with E-state index in [1.807, 2.05) is 0 Å². The van der Waals surface area contributed by atoms with Gasteiger partial charge in [-0.25, -0.2) is 0 Å². The van der Waals surface area contributed by atoms with E-state index in [9.17, 15) is 0 Å². The summed E-state index contributed by atoms with van der Waals surface area (Å²) in [5.41, 5.74) is 1.11. The lowest BCUT2D eigenvalue weighted by Gasteiger charge is -2.36. The van der Waals surface area contributed by atoms with Gasteiger partial charge in [0.1, 0.15) is 0 Å². The molecule has 1 fully saturated rings. The molecular weight excluding hydrogens is 246 g/mol. The van der Waals surface area contributed by atoms with E-state index in [2.05, 4.69) is 60.3 Å². The van der Waals surface area contributed by atoms with Crippen molar-refractivity contribution in [1.82, 2.24) is 4.90 Å². The van der Waals surface area contributed by atoms with E-state index in [-0.39, 0.29) is 5.41 Å². The van der Waals surface area contributed by atoms with Crippen molar-refractivity contribution in [3.63, 3.8) is 0 Å². The summed E-state index contributed by atoms with van der Waals surface area (Å²) < 4.78 is 5.85. The van der Waals surface area contributed by atoms with Crippen LogP contribution < -0.4 is 0 Å². The zero-order chi connectivity index (χ0) is 15.6. The number of likely N-dealkylation sites (tertiary alicyclic amines) is 1. The largest absolute Gasteiger partial charge is 0.378 e. The summed E-state index contributed by atoms with van der Waals surface area (Å²) in [6, 6.07) is 0. The Bertz CT molecular complexity index is 305. The van der Waals surface area contributed by atoms with Gasteiger partial charge in [-0.2, -0.15) is 0 Å². The van der Waals surface area contributed by atoms with Crippen molar-refractivity contribution in [1.29, 1.82) is 0 Å². The molecule has 0 amide bonds. The Morgan fingerprint density at radius 3 is 2.25 bits per heavy atom. The van der Waals surface area contributed by atoms with E-state index in [1.54, 1.807) is 0 Å². The highest BCUT2D eigenvalue weighted by Crippen LogP contribution is 2.40. The highest BCUT2D eigenvalue weighted by Gasteiger charge is 2.35. The summed E-state index contributed by atoms with van der Waals surface area (Å²) in [5.74, 6) is 0. The lowest BCUT2D eigenvalue weighted by atomic mass is 9.75. The third-order valence-electron chi connectivity index (χ3n) is 4.17. The first-order chi connectivity index (χ1) is 8.91. The van der Waals surface area contributed by atoms with Crippen LogP contribution in [0.2, 0.25) is 0 Å². The molecule has 1 aliphatic rings. The van der Waals surface area contributed by atoms with Gasteiger partial charge in [0.2, 0.25) is 0 Å². The molecule has 0 aromatic rings. The Morgan fingerprint density at radius 2 is 1.70 bits per heavy atom. The summed E-state index contributed by atoms with van der Waals surface area (Å²) in [5, 5.41) is 0. The molecule has 0 radical (unpaired) electrons. The predicted molar refractivity (Wildman–Crippen MR) is 88.1 cm³/mol. The van der Waals surface area contributed by atoms with E-state index < -0.39 is 0 Å². The van der Waals surface area contributed by atoms with Gasteiger partial charge in [0, 0.05) is 18.5 Å². The maximum atomic E-state index is 5.85. The Kier molecular flexibility index (Phi) is 5.71. The standard InChI is InChI=1S/C18H37NO/c1-15(2)20-14-18(7,8)13-19-10-9-16(3,4)11-17(5,6)12-19/h15H,9-14H2,1-8H3. The third kappa shape index (κ3) is 6.58. The first-order valence-corrected chi connectivity index (χ1v) is 8.25. The molecule has 1 saturated heterocycles. The summed E-state index contributed by atoms with van der Waals surface area (Å²) >= 11 is 0. The smallest absolute Gasteiger partial charge is 0.0532 e. The van der Waals surface area contributed by atoms with Crippen LogP contribution in [-0.4, -0.2) is 37.2 Å². The molecule has 0 unspecified atom stereocenters. The van der Waals surface area contributed by atoms with Gasteiger partial charge in [-0.3, -0.25) is 0 Å². The fraction of sp³-hybridized carbons (Fsp3) is 1.00. The monoisotopic (exact) mass is 283 g/mol. The minimum absolute atomic E-state index is 0.231. The highest BCUT2D eigenvalue weighted by atomic mass is 16.5. The zero-order valence-corrected chi connectivity index (χ0v) is 15.2. The first-order valence-electron chi connectivity index (χ1n) is 8.25. The molecule has 0 bridgehead atoms. The number of rotatable bonds is 5. The van der Waals surface area contributed by atoms with Gasteiger partial charge in [0.15, 0.2) is 0 Å². The topological polar surface area (TPSA) is 12.5 Å². The van der Waals surface area contributed by atoms with E-state index >= 15 is 0 Å². The Morgan fingerprint density at radius 1 is 1.10 bits per heavy atom. The Labute approximate surface area is 127 Å². The van der Waals surface area contributed by atoms with Crippen LogP contribution >= 0.6 is 0 Å². The number of nitrogens with zero attached hydrogens (tertiary/aromatic N) is 1. The van der Waals surface area contributed by atoms with Crippen molar-refractivity contribution in [3.8, 4) is 0 Å². The minimum atomic E-state index is 0.231. The normalized spacial score (nSPS) is 23.9. The molecular formula is C18H37NO. The van der Waals surface area contributed by atoms with Crippen molar-refractivity contribution < 1.29 is 4.74 Å². The van der Waals surface area contributed by atoms with Gasteiger partial charge in [-0.05, 0) is 44.1 Å². The van der Waals surface area contributed by atoms with Crippen molar-refractivity contribution in [2.24, 2.45) is 16.2 Å². The fourth-order valence-electron chi connectivity index (χ4n) is 3.76. The number of hydrogen-bond donors (Lipinski definition) is 0. The van der Waals surface area contributed by atoms with Crippen LogP contribution in [0.5, 0.6) is 0 Å². The lowest BCUT2D eigenvalue weighted by molar-refractivity contribution is 0.00287. The lowest BCUT2D eigenvalue weighted by Crippen LogP contribution is -2.41. The Balaban J connectivity index is 2.62. The summed E-state index contributed by atoms with van der Waals surface area (Å²) in [6.45, 7) is 23.0. The molecule has 20 heavy (non-hydrogen) atoms. The van der Waals surface area contributed by atoms with Gasteiger partial charge >= 0.3 is 0 Å². The van der Waals surface area contributed by atoms with Gasteiger partial charge in [-0.15, -0.1) is 0 Å². The maximum Gasteiger partial charge on any atom is 0.0532 e. The molecule has 0 aliphatic carbocycles. The molecule has 0 aromatic heterocycles. The first kappa shape index (κ1) is 18.0. The molecule has 1 heterocycles. The molecule has 0 saturated carbocycles. The average molecular weight is 284 g/mol. The van der Waals surface area contributed by atoms with Gasteiger partial charge in [-0.1, -0.05) is 41.5 Å². The SMILES string of the molecule is CC(C)OCC(C)(C)CN1CCC(C)(C)CC(C)(C)C1. The Hall–Kier alpha value is -0.0800. The highest BCUT2D eigenvalue weighted by molar-refractivity contribution is 4.88. The van der Waals surface area contributed by atoms with Crippen LogP contribution in [0.4, 0.5) is 0 Å².